The Kier molecular flexibility index (Phi) is 2.77. The minimum absolute atomic E-state index is 0.0582. The fourth-order valence-electron chi connectivity index (χ4n) is 1.65. The van der Waals surface area contributed by atoms with Crippen LogP contribution in [0.1, 0.15) is 5.56 Å². The molecular weight excluding hydrogens is 202 g/mol. The smallest absolute Gasteiger partial charge is 0.322 e. The van der Waals surface area contributed by atoms with Crippen LogP contribution >= 0.6 is 0 Å². The van der Waals surface area contributed by atoms with Gasteiger partial charge in [0, 0.05) is 5.69 Å². The maximum atomic E-state index is 10.4. The molecule has 0 unspecified atom stereocenters. The van der Waals surface area contributed by atoms with Gasteiger partial charge in [-0.2, -0.15) is 0 Å². The van der Waals surface area contributed by atoms with E-state index in [9.17, 15) is 4.79 Å². The van der Waals surface area contributed by atoms with Gasteiger partial charge in [0.2, 0.25) is 0 Å². The average Bonchev–Trinajstić information content (AvgIpc) is 2.25. The zero-order valence-electron chi connectivity index (χ0n) is 9.03. The summed E-state index contributed by atoms with van der Waals surface area (Å²) in [6, 6.07) is 12.0. The zero-order valence-corrected chi connectivity index (χ0v) is 9.03. The lowest BCUT2D eigenvalue weighted by Gasteiger charge is -2.05. The number of carboxylic acid groups (broad SMARTS) is 1. The lowest BCUT2D eigenvalue weighted by atomic mass is 10.1. The number of carbonyl (C=O) groups is 1. The van der Waals surface area contributed by atoms with Crippen molar-refractivity contribution in [2.75, 3.05) is 11.9 Å². The SMILES string of the molecule is Cc1ccc2ccc(NCC(=O)O)cc2c1. The highest BCUT2D eigenvalue weighted by molar-refractivity contribution is 5.86. The lowest BCUT2D eigenvalue weighted by Crippen LogP contribution is -2.12. The number of hydrogen-bond donors (Lipinski definition) is 2. The van der Waals surface area contributed by atoms with E-state index < -0.39 is 5.97 Å². The highest BCUT2D eigenvalue weighted by Gasteiger charge is 1.99. The van der Waals surface area contributed by atoms with Gasteiger partial charge in [-0.15, -0.1) is 0 Å². The van der Waals surface area contributed by atoms with E-state index in [1.54, 1.807) is 0 Å². The van der Waals surface area contributed by atoms with E-state index in [1.807, 2.05) is 25.1 Å². The third-order valence-electron chi connectivity index (χ3n) is 2.44. The van der Waals surface area contributed by atoms with Gasteiger partial charge >= 0.3 is 5.97 Å². The molecule has 2 N–H and O–H groups in total. The van der Waals surface area contributed by atoms with Crippen molar-refractivity contribution in [3.05, 3.63) is 42.0 Å². The molecule has 0 aromatic heterocycles. The van der Waals surface area contributed by atoms with Gasteiger partial charge in [0.15, 0.2) is 0 Å². The Bertz CT molecular complexity index is 534. The summed E-state index contributed by atoms with van der Waals surface area (Å²) in [5.74, 6) is -0.857. The molecule has 0 radical (unpaired) electrons. The molecular formula is C13H13NO2. The van der Waals surface area contributed by atoms with Crippen molar-refractivity contribution in [3.8, 4) is 0 Å². The van der Waals surface area contributed by atoms with Crippen molar-refractivity contribution in [2.24, 2.45) is 0 Å². The van der Waals surface area contributed by atoms with Crippen molar-refractivity contribution < 1.29 is 9.90 Å². The van der Waals surface area contributed by atoms with Crippen molar-refractivity contribution in [2.45, 2.75) is 6.92 Å². The standard InChI is InChI=1S/C13H13NO2/c1-9-2-3-10-4-5-12(7-11(10)6-9)14-8-13(15)16/h2-7,14H,8H2,1H3,(H,15,16). The molecule has 0 fully saturated rings. The molecule has 16 heavy (non-hydrogen) atoms. The molecule has 0 saturated heterocycles. The van der Waals surface area contributed by atoms with E-state index in [0.717, 1.165) is 16.5 Å². The van der Waals surface area contributed by atoms with Crippen LogP contribution in [0.25, 0.3) is 10.8 Å². The summed E-state index contributed by atoms with van der Waals surface area (Å²) >= 11 is 0. The average molecular weight is 215 g/mol. The Hall–Kier alpha value is -2.03. The van der Waals surface area contributed by atoms with E-state index in [4.69, 9.17) is 5.11 Å². The van der Waals surface area contributed by atoms with Gasteiger partial charge in [0.1, 0.15) is 6.54 Å². The minimum Gasteiger partial charge on any atom is -0.480 e. The number of benzene rings is 2. The van der Waals surface area contributed by atoms with Gasteiger partial charge < -0.3 is 10.4 Å². The molecule has 0 aliphatic heterocycles. The molecule has 0 spiro atoms. The Labute approximate surface area is 93.7 Å². The molecule has 0 heterocycles. The van der Waals surface area contributed by atoms with Crippen LogP contribution in [0.5, 0.6) is 0 Å². The summed E-state index contributed by atoms with van der Waals surface area (Å²) in [7, 11) is 0. The third-order valence-corrected chi connectivity index (χ3v) is 2.44. The number of rotatable bonds is 3. The van der Waals surface area contributed by atoms with Crippen molar-refractivity contribution >= 4 is 22.4 Å². The van der Waals surface area contributed by atoms with E-state index in [2.05, 4.69) is 23.5 Å². The number of carboxylic acids is 1. The molecule has 2 aromatic rings. The lowest BCUT2D eigenvalue weighted by molar-refractivity contribution is -0.134. The number of fused-ring (bicyclic) bond motifs is 1. The molecule has 0 bridgehead atoms. The Morgan fingerprint density at radius 2 is 1.94 bits per heavy atom. The van der Waals surface area contributed by atoms with Crippen LogP contribution in [0, 0.1) is 6.92 Å². The van der Waals surface area contributed by atoms with Gasteiger partial charge in [-0.25, -0.2) is 0 Å². The van der Waals surface area contributed by atoms with E-state index in [-0.39, 0.29) is 6.54 Å². The normalized spacial score (nSPS) is 10.3. The Morgan fingerprint density at radius 1 is 1.19 bits per heavy atom. The minimum atomic E-state index is -0.857. The molecule has 2 rings (SSSR count). The number of hydrogen-bond acceptors (Lipinski definition) is 2. The first kappa shape index (κ1) is 10.5. The number of anilines is 1. The number of nitrogens with one attached hydrogen (secondary N) is 1. The molecule has 3 heteroatoms. The monoisotopic (exact) mass is 215 g/mol. The summed E-state index contributed by atoms with van der Waals surface area (Å²) in [6.45, 7) is 1.98. The van der Waals surface area contributed by atoms with E-state index in [0.29, 0.717) is 0 Å². The van der Waals surface area contributed by atoms with Crippen LogP contribution in [0.3, 0.4) is 0 Å². The van der Waals surface area contributed by atoms with Crippen molar-refractivity contribution in [3.63, 3.8) is 0 Å². The Balaban J connectivity index is 2.31. The fourth-order valence-corrected chi connectivity index (χ4v) is 1.65. The molecule has 0 aliphatic rings. The van der Waals surface area contributed by atoms with Crippen molar-refractivity contribution in [1.82, 2.24) is 0 Å². The predicted octanol–water partition coefficient (Wildman–Crippen LogP) is 2.64. The van der Waals surface area contributed by atoms with Crippen LogP contribution < -0.4 is 5.32 Å². The summed E-state index contributed by atoms with van der Waals surface area (Å²) in [6.07, 6.45) is 0. The van der Waals surface area contributed by atoms with Gasteiger partial charge in [-0.1, -0.05) is 29.8 Å². The zero-order chi connectivity index (χ0) is 11.5. The maximum absolute atomic E-state index is 10.4. The van der Waals surface area contributed by atoms with Crippen LogP contribution in [-0.2, 0) is 4.79 Å². The third kappa shape index (κ3) is 2.31. The fraction of sp³-hybridized carbons (Fsp3) is 0.154. The second-order valence-corrected chi connectivity index (χ2v) is 3.81. The quantitative estimate of drug-likeness (QED) is 0.827. The van der Waals surface area contributed by atoms with E-state index >= 15 is 0 Å². The van der Waals surface area contributed by atoms with Gasteiger partial charge in [0.05, 0.1) is 0 Å². The van der Waals surface area contributed by atoms with Crippen LogP contribution in [0.15, 0.2) is 36.4 Å². The predicted molar refractivity (Wildman–Crippen MR) is 64.8 cm³/mol. The number of aliphatic carboxylic acids is 1. The summed E-state index contributed by atoms with van der Waals surface area (Å²) in [5, 5.41) is 13.7. The molecule has 2 aromatic carbocycles. The number of aryl methyl sites for hydroxylation is 1. The van der Waals surface area contributed by atoms with Gasteiger partial charge in [-0.3, -0.25) is 4.79 Å². The summed E-state index contributed by atoms with van der Waals surface area (Å²) in [4.78, 5) is 10.4. The molecule has 0 saturated carbocycles. The summed E-state index contributed by atoms with van der Waals surface area (Å²) in [5.41, 5.74) is 2.03. The second-order valence-electron chi connectivity index (χ2n) is 3.81. The largest absolute Gasteiger partial charge is 0.480 e. The maximum Gasteiger partial charge on any atom is 0.322 e. The second kappa shape index (κ2) is 4.23. The Morgan fingerprint density at radius 3 is 2.69 bits per heavy atom. The van der Waals surface area contributed by atoms with Gasteiger partial charge in [-0.05, 0) is 29.8 Å². The highest BCUT2D eigenvalue weighted by Crippen LogP contribution is 2.20. The molecule has 3 nitrogen and oxygen atoms in total. The topological polar surface area (TPSA) is 49.3 Å². The molecule has 0 atom stereocenters. The van der Waals surface area contributed by atoms with Gasteiger partial charge in [0.25, 0.3) is 0 Å². The molecule has 0 amide bonds. The first-order valence-corrected chi connectivity index (χ1v) is 5.11. The van der Waals surface area contributed by atoms with Crippen LogP contribution in [0.4, 0.5) is 5.69 Å². The first-order chi connectivity index (χ1) is 7.65. The van der Waals surface area contributed by atoms with Crippen LogP contribution in [-0.4, -0.2) is 17.6 Å². The molecule has 82 valence electrons. The highest BCUT2D eigenvalue weighted by atomic mass is 16.4. The van der Waals surface area contributed by atoms with Crippen molar-refractivity contribution in [1.29, 1.82) is 0 Å². The summed E-state index contributed by atoms with van der Waals surface area (Å²) < 4.78 is 0. The van der Waals surface area contributed by atoms with E-state index in [1.165, 1.54) is 5.56 Å². The molecule has 0 aliphatic carbocycles. The van der Waals surface area contributed by atoms with Crippen LogP contribution in [0.2, 0.25) is 0 Å². The first-order valence-electron chi connectivity index (χ1n) is 5.11.